The van der Waals surface area contributed by atoms with Gasteiger partial charge in [-0.1, -0.05) is 0 Å². The van der Waals surface area contributed by atoms with E-state index < -0.39 is 0 Å². The molecule has 0 aliphatic heterocycles. The lowest BCUT2D eigenvalue weighted by Crippen LogP contribution is -2.23. The second kappa shape index (κ2) is 6.16. The predicted molar refractivity (Wildman–Crippen MR) is 86.1 cm³/mol. The van der Waals surface area contributed by atoms with Crippen LogP contribution in [0.15, 0.2) is 24.7 Å². The topological polar surface area (TPSA) is 42.7 Å². The maximum atomic E-state index is 13.3. The highest BCUT2D eigenvalue weighted by Crippen LogP contribution is 2.24. The van der Waals surface area contributed by atoms with Crippen molar-refractivity contribution in [2.45, 2.75) is 59.2 Å². The molecule has 0 amide bonds. The van der Waals surface area contributed by atoms with Gasteiger partial charge in [-0.3, -0.25) is 9.67 Å². The van der Waals surface area contributed by atoms with Crippen molar-refractivity contribution < 1.29 is 4.39 Å². The normalized spacial score (nSPS) is 14.9. The molecule has 22 heavy (non-hydrogen) atoms. The Labute approximate surface area is 131 Å². The van der Waals surface area contributed by atoms with Gasteiger partial charge in [0, 0.05) is 30.0 Å². The fourth-order valence-electron chi connectivity index (χ4n) is 2.47. The van der Waals surface area contributed by atoms with Gasteiger partial charge in [0.05, 0.1) is 17.4 Å². The minimum Gasteiger partial charge on any atom is -0.303 e. The zero-order chi connectivity index (χ0) is 16.5. The summed E-state index contributed by atoms with van der Waals surface area (Å²) in [5.41, 5.74) is 2.97. The molecule has 5 heteroatoms. The third-order valence-corrected chi connectivity index (χ3v) is 3.82. The van der Waals surface area contributed by atoms with Crippen LogP contribution in [0, 0.1) is 12.7 Å². The maximum Gasteiger partial charge on any atom is 0.141 e. The standard InChI is InChI=1S/C17H25FN4/c1-11(14-7-15(18)9-19-8-14)20-12(2)16-10-22(17(4,5)6)21-13(16)3/h7-12,20H,1-6H3/t11-,12-/m1/s1. The first-order chi connectivity index (χ1) is 10.2. The van der Waals surface area contributed by atoms with Gasteiger partial charge in [-0.15, -0.1) is 0 Å². The highest BCUT2D eigenvalue weighted by Gasteiger charge is 2.20. The number of rotatable bonds is 4. The number of hydrogen-bond donors (Lipinski definition) is 1. The molecule has 0 unspecified atom stereocenters. The summed E-state index contributed by atoms with van der Waals surface area (Å²) < 4.78 is 15.3. The molecule has 0 aliphatic rings. The van der Waals surface area contributed by atoms with Crippen LogP contribution >= 0.6 is 0 Å². The van der Waals surface area contributed by atoms with E-state index in [-0.39, 0.29) is 23.4 Å². The van der Waals surface area contributed by atoms with Crippen molar-refractivity contribution in [3.05, 3.63) is 47.3 Å². The molecule has 0 saturated carbocycles. The summed E-state index contributed by atoms with van der Waals surface area (Å²) in [6.07, 6.45) is 5.00. The Balaban J connectivity index is 2.15. The molecule has 2 aromatic rings. The van der Waals surface area contributed by atoms with Gasteiger partial charge in [-0.25, -0.2) is 4.39 Å². The van der Waals surface area contributed by atoms with E-state index in [4.69, 9.17) is 0 Å². The first-order valence-corrected chi connectivity index (χ1v) is 7.61. The van der Waals surface area contributed by atoms with Gasteiger partial charge in [-0.2, -0.15) is 5.10 Å². The maximum absolute atomic E-state index is 13.3. The van der Waals surface area contributed by atoms with Crippen LogP contribution in [0.25, 0.3) is 0 Å². The van der Waals surface area contributed by atoms with Gasteiger partial charge in [0.25, 0.3) is 0 Å². The molecule has 0 bridgehead atoms. The van der Waals surface area contributed by atoms with Crippen LogP contribution in [0.3, 0.4) is 0 Å². The lowest BCUT2D eigenvalue weighted by Gasteiger charge is -2.21. The number of halogens is 1. The smallest absolute Gasteiger partial charge is 0.141 e. The molecule has 0 spiro atoms. The number of nitrogens with zero attached hydrogens (tertiary/aromatic N) is 3. The van der Waals surface area contributed by atoms with E-state index in [2.05, 4.69) is 49.3 Å². The molecule has 2 aromatic heterocycles. The zero-order valence-electron chi connectivity index (χ0n) is 14.2. The molecule has 0 aliphatic carbocycles. The summed E-state index contributed by atoms with van der Waals surface area (Å²) in [6, 6.07) is 1.65. The number of hydrogen-bond acceptors (Lipinski definition) is 3. The second-order valence-corrected chi connectivity index (χ2v) is 6.83. The quantitative estimate of drug-likeness (QED) is 0.931. The highest BCUT2D eigenvalue weighted by molar-refractivity contribution is 5.22. The molecule has 0 radical (unpaired) electrons. The van der Waals surface area contributed by atoms with Gasteiger partial charge in [0.2, 0.25) is 0 Å². The van der Waals surface area contributed by atoms with Crippen molar-refractivity contribution >= 4 is 0 Å². The molecule has 2 rings (SSSR count). The zero-order valence-corrected chi connectivity index (χ0v) is 14.2. The molecule has 4 nitrogen and oxygen atoms in total. The van der Waals surface area contributed by atoms with Crippen LogP contribution in [-0.4, -0.2) is 14.8 Å². The first kappa shape index (κ1) is 16.6. The van der Waals surface area contributed by atoms with Crippen molar-refractivity contribution in [1.29, 1.82) is 0 Å². The van der Waals surface area contributed by atoms with E-state index in [9.17, 15) is 4.39 Å². The summed E-state index contributed by atoms with van der Waals surface area (Å²) in [7, 11) is 0. The number of aromatic nitrogens is 3. The third kappa shape index (κ3) is 3.71. The van der Waals surface area contributed by atoms with Gasteiger partial charge in [0.15, 0.2) is 0 Å². The molecule has 0 fully saturated rings. The average Bonchev–Trinajstić information content (AvgIpc) is 2.81. The lowest BCUT2D eigenvalue weighted by atomic mass is 10.1. The molecule has 0 saturated heterocycles. The Morgan fingerprint density at radius 1 is 1.18 bits per heavy atom. The van der Waals surface area contributed by atoms with Crippen molar-refractivity contribution in [3.8, 4) is 0 Å². The average molecular weight is 304 g/mol. The Bertz CT molecular complexity index is 642. The fourth-order valence-corrected chi connectivity index (χ4v) is 2.47. The number of pyridine rings is 1. The largest absolute Gasteiger partial charge is 0.303 e. The Kier molecular flexibility index (Phi) is 4.66. The summed E-state index contributed by atoms with van der Waals surface area (Å²) in [6.45, 7) is 12.5. The molecule has 0 aromatic carbocycles. The van der Waals surface area contributed by atoms with E-state index in [0.717, 1.165) is 16.8 Å². The third-order valence-electron chi connectivity index (χ3n) is 3.82. The number of aryl methyl sites for hydroxylation is 1. The highest BCUT2D eigenvalue weighted by atomic mass is 19.1. The Morgan fingerprint density at radius 2 is 1.86 bits per heavy atom. The van der Waals surface area contributed by atoms with Crippen LogP contribution in [0.2, 0.25) is 0 Å². The van der Waals surface area contributed by atoms with Crippen molar-refractivity contribution in [2.24, 2.45) is 0 Å². The predicted octanol–water partition coefficient (Wildman–Crippen LogP) is 3.89. The van der Waals surface area contributed by atoms with Crippen LogP contribution in [0.4, 0.5) is 4.39 Å². The second-order valence-electron chi connectivity index (χ2n) is 6.83. The molecule has 1 N–H and O–H groups in total. The molecule has 120 valence electrons. The van der Waals surface area contributed by atoms with Crippen molar-refractivity contribution in [1.82, 2.24) is 20.1 Å². The molecular formula is C17H25FN4. The molecule has 2 atom stereocenters. The summed E-state index contributed by atoms with van der Waals surface area (Å²) in [5.74, 6) is -0.310. The van der Waals surface area contributed by atoms with Gasteiger partial charge >= 0.3 is 0 Å². The molecule has 2 heterocycles. The van der Waals surface area contributed by atoms with Crippen molar-refractivity contribution in [2.75, 3.05) is 0 Å². The van der Waals surface area contributed by atoms with Gasteiger partial charge in [0.1, 0.15) is 5.82 Å². The Morgan fingerprint density at radius 3 is 2.41 bits per heavy atom. The SMILES string of the molecule is Cc1nn(C(C)(C)C)cc1[C@@H](C)N[C@H](C)c1cncc(F)c1. The Hall–Kier alpha value is -1.75. The summed E-state index contributed by atoms with van der Waals surface area (Å²) >= 11 is 0. The first-order valence-electron chi connectivity index (χ1n) is 7.61. The lowest BCUT2D eigenvalue weighted by molar-refractivity contribution is 0.353. The fraction of sp³-hybridized carbons (Fsp3) is 0.529. The van der Waals surface area contributed by atoms with Crippen LogP contribution < -0.4 is 5.32 Å². The van der Waals surface area contributed by atoms with Crippen LogP contribution in [0.5, 0.6) is 0 Å². The molecular weight excluding hydrogens is 279 g/mol. The van der Waals surface area contributed by atoms with Gasteiger partial charge in [-0.05, 0) is 53.2 Å². The number of nitrogens with one attached hydrogen (secondary N) is 1. The van der Waals surface area contributed by atoms with E-state index >= 15 is 0 Å². The van der Waals surface area contributed by atoms with E-state index in [0.29, 0.717) is 0 Å². The van der Waals surface area contributed by atoms with Gasteiger partial charge < -0.3 is 5.32 Å². The van der Waals surface area contributed by atoms with E-state index in [1.165, 1.54) is 12.3 Å². The minimum atomic E-state index is -0.310. The van der Waals surface area contributed by atoms with Crippen molar-refractivity contribution in [3.63, 3.8) is 0 Å². The van der Waals surface area contributed by atoms with Crippen LogP contribution in [-0.2, 0) is 5.54 Å². The monoisotopic (exact) mass is 304 g/mol. The summed E-state index contributed by atoms with van der Waals surface area (Å²) in [4.78, 5) is 3.91. The van der Waals surface area contributed by atoms with E-state index in [1.54, 1.807) is 6.20 Å². The van der Waals surface area contributed by atoms with E-state index in [1.807, 2.05) is 18.5 Å². The van der Waals surface area contributed by atoms with Crippen LogP contribution in [0.1, 0.15) is 63.5 Å². The summed E-state index contributed by atoms with van der Waals surface area (Å²) in [5, 5.41) is 8.09. The minimum absolute atomic E-state index is 0.00980.